The van der Waals surface area contributed by atoms with Crippen LogP contribution in [0.4, 0.5) is 5.69 Å². The van der Waals surface area contributed by atoms with Crippen LogP contribution in [0.1, 0.15) is 11.7 Å². The summed E-state index contributed by atoms with van der Waals surface area (Å²) in [6.45, 7) is 0.417. The fraction of sp³-hybridized carbons (Fsp3) is 0.400. The summed E-state index contributed by atoms with van der Waals surface area (Å²) < 4.78 is 0. The molecule has 3 N–H and O–H groups in total. The zero-order valence-corrected chi connectivity index (χ0v) is 8.47. The van der Waals surface area contributed by atoms with Gasteiger partial charge in [-0.3, -0.25) is 0 Å². The van der Waals surface area contributed by atoms with Gasteiger partial charge in [-0.1, -0.05) is 12.1 Å². The lowest BCUT2D eigenvalue weighted by atomic mass is 10.1. The Hall–Kier alpha value is -1.10. The summed E-state index contributed by atoms with van der Waals surface area (Å²) in [6.07, 6.45) is -0.580. The van der Waals surface area contributed by atoms with Crippen LogP contribution in [0.15, 0.2) is 24.3 Å². The first-order valence-corrected chi connectivity index (χ1v) is 4.42. The van der Waals surface area contributed by atoms with Crippen molar-refractivity contribution in [2.45, 2.75) is 6.10 Å². The molecular formula is C10H16N2O2. The van der Waals surface area contributed by atoms with Gasteiger partial charge in [0.1, 0.15) is 0 Å². The number of nitrogens with two attached hydrogens (primary N) is 1. The first-order chi connectivity index (χ1) is 6.63. The zero-order chi connectivity index (χ0) is 10.6. The number of aliphatic hydroxyl groups excluding tert-OH is 1. The number of hydrogen-bond acceptors (Lipinski definition) is 4. The molecule has 4 heteroatoms. The van der Waals surface area contributed by atoms with E-state index >= 15 is 0 Å². The minimum Gasteiger partial charge on any atom is -0.399 e. The first-order valence-electron chi connectivity index (χ1n) is 4.42. The van der Waals surface area contributed by atoms with Gasteiger partial charge in [0.2, 0.25) is 0 Å². The van der Waals surface area contributed by atoms with Crippen molar-refractivity contribution in [3.05, 3.63) is 29.8 Å². The van der Waals surface area contributed by atoms with Crippen LogP contribution in [0.25, 0.3) is 0 Å². The Morgan fingerprint density at radius 3 is 2.86 bits per heavy atom. The monoisotopic (exact) mass is 196 g/mol. The maximum Gasteiger partial charge on any atom is 0.0940 e. The summed E-state index contributed by atoms with van der Waals surface area (Å²) >= 11 is 0. The highest BCUT2D eigenvalue weighted by atomic mass is 16.7. The van der Waals surface area contributed by atoms with E-state index in [2.05, 4.69) is 0 Å². The normalized spacial score (nSPS) is 13.1. The van der Waals surface area contributed by atoms with Crippen LogP contribution >= 0.6 is 0 Å². The van der Waals surface area contributed by atoms with Gasteiger partial charge >= 0.3 is 0 Å². The lowest BCUT2D eigenvalue weighted by Gasteiger charge is -2.18. The smallest absolute Gasteiger partial charge is 0.0940 e. The molecule has 1 aromatic rings. The average Bonchev–Trinajstić information content (AvgIpc) is 2.17. The molecule has 1 aromatic carbocycles. The van der Waals surface area contributed by atoms with E-state index in [1.54, 1.807) is 31.4 Å². The highest BCUT2D eigenvalue weighted by Gasteiger charge is 2.10. The third kappa shape index (κ3) is 2.99. The van der Waals surface area contributed by atoms with E-state index < -0.39 is 6.10 Å². The van der Waals surface area contributed by atoms with Crippen LogP contribution in [-0.2, 0) is 4.84 Å². The third-order valence-corrected chi connectivity index (χ3v) is 2.04. The molecule has 0 saturated carbocycles. The van der Waals surface area contributed by atoms with Crippen LogP contribution in [0.3, 0.4) is 0 Å². The molecule has 1 atom stereocenters. The van der Waals surface area contributed by atoms with Crippen molar-refractivity contribution in [3.8, 4) is 0 Å². The van der Waals surface area contributed by atoms with E-state index in [-0.39, 0.29) is 0 Å². The number of rotatable bonds is 4. The Balaban J connectivity index is 2.64. The predicted octanol–water partition coefficient (Wildman–Crippen LogP) is 0.795. The predicted molar refractivity (Wildman–Crippen MR) is 55.5 cm³/mol. The van der Waals surface area contributed by atoms with Crippen LogP contribution in [0.2, 0.25) is 0 Å². The van der Waals surface area contributed by atoms with Crippen molar-refractivity contribution in [1.29, 1.82) is 0 Å². The van der Waals surface area contributed by atoms with Gasteiger partial charge in [-0.2, -0.15) is 5.06 Å². The van der Waals surface area contributed by atoms with Crippen molar-refractivity contribution in [2.24, 2.45) is 0 Å². The number of anilines is 1. The molecule has 0 aliphatic heterocycles. The van der Waals surface area contributed by atoms with E-state index in [1.165, 1.54) is 0 Å². The van der Waals surface area contributed by atoms with Gasteiger partial charge in [0.05, 0.1) is 19.8 Å². The second-order valence-corrected chi connectivity index (χ2v) is 3.18. The van der Waals surface area contributed by atoms with E-state index in [0.717, 1.165) is 5.56 Å². The topological polar surface area (TPSA) is 58.7 Å². The quantitative estimate of drug-likeness (QED) is 0.552. The Bertz CT molecular complexity index is 291. The molecule has 0 bridgehead atoms. The van der Waals surface area contributed by atoms with Gasteiger partial charge in [0.15, 0.2) is 0 Å². The molecule has 1 rings (SSSR count). The Morgan fingerprint density at radius 2 is 2.29 bits per heavy atom. The summed E-state index contributed by atoms with van der Waals surface area (Å²) in [6, 6.07) is 7.20. The number of aliphatic hydroxyl groups is 1. The number of benzene rings is 1. The minimum atomic E-state index is -0.580. The van der Waals surface area contributed by atoms with Gasteiger partial charge in [0, 0.05) is 12.7 Å². The van der Waals surface area contributed by atoms with E-state index in [4.69, 9.17) is 10.6 Å². The lowest BCUT2D eigenvalue weighted by molar-refractivity contribution is -0.128. The van der Waals surface area contributed by atoms with E-state index in [0.29, 0.717) is 12.2 Å². The van der Waals surface area contributed by atoms with E-state index in [1.807, 2.05) is 12.1 Å². The molecule has 0 radical (unpaired) electrons. The molecular weight excluding hydrogens is 180 g/mol. The minimum absolute atomic E-state index is 0.417. The largest absolute Gasteiger partial charge is 0.399 e. The van der Waals surface area contributed by atoms with Crippen LogP contribution < -0.4 is 5.73 Å². The van der Waals surface area contributed by atoms with Gasteiger partial charge in [-0.15, -0.1) is 0 Å². The van der Waals surface area contributed by atoms with E-state index in [9.17, 15) is 5.11 Å². The summed E-state index contributed by atoms with van der Waals surface area (Å²) in [4.78, 5) is 4.91. The zero-order valence-electron chi connectivity index (χ0n) is 8.47. The second kappa shape index (κ2) is 4.95. The Morgan fingerprint density at radius 1 is 1.57 bits per heavy atom. The number of likely N-dealkylation sites (N-methyl/N-ethyl adjacent to an activating group) is 1. The Labute approximate surface area is 83.9 Å². The fourth-order valence-electron chi connectivity index (χ4n) is 1.19. The van der Waals surface area contributed by atoms with Gasteiger partial charge in [-0.25, -0.2) is 0 Å². The Kier molecular flexibility index (Phi) is 3.88. The average molecular weight is 196 g/mol. The molecule has 0 aromatic heterocycles. The first kappa shape index (κ1) is 11.0. The maximum atomic E-state index is 9.77. The van der Waals surface area contributed by atoms with Gasteiger partial charge in [0.25, 0.3) is 0 Å². The molecule has 0 spiro atoms. The standard InChI is InChI=1S/C10H16N2O2/c1-12(14-2)7-10(13)8-4-3-5-9(11)6-8/h3-6,10,13H,7,11H2,1-2H3. The molecule has 4 nitrogen and oxygen atoms in total. The molecule has 0 saturated heterocycles. The van der Waals surface area contributed by atoms with Crippen LogP contribution in [0.5, 0.6) is 0 Å². The molecule has 0 aliphatic rings. The summed E-state index contributed by atoms with van der Waals surface area (Å²) in [5, 5.41) is 11.3. The molecule has 0 fully saturated rings. The highest BCUT2D eigenvalue weighted by molar-refractivity contribution is 5.41. The number of nitrogen functional groups attached to an aromatic ring is 1. The summed E-state index contributed by atoms with van der Waals surface area (Å²) in [5.74, 6) is 0. The molecule has 0 heterocycles. The molecule has 0 amide bonds. The maximum absolute atomic E-state index is 9.77. The van der Waals surface area contributed by atoms with Crippen molar-refractivity contribution in [1.82, 2.24) is 5.06 Å². The van der Waals surface area contributed by atoms with Gasteiger partial charge in [-0.05, 0) is 17.7 Å². The van der Waals surface area contributed by atoms with Crippen LogP contribution in [0, 0.1) is 0 Å². The third-order valence-electron chi connectivity index (χ3n) is 2.04. The van der Waals surface area contributed by atoms with Crippen molar-refractivity contribution in [3.63, 3.8) is 0 Å². The molecule has 0 aliphatic carbocycles. The van der Waals surface area contributed by atoms with Crippen molar-refractivity contribution in [2.75, 3.05) is 26.4 Å². The molecule has 14 heavy (non-hydrogen) atoms. The van der Waals surface area contributed by atoms with Gasteiger partial charge < -0.3 is 15.7 Å². The highest BCUT2D eigenvalue weighted by Crippen LogP contribution is 2.16. The molecule has 1 unspecified atom stereocenters. The van der Waals surface area contributed by atoms with Crippen molar-refractivity contribution < 1.29 is 9.94 Å². The SMILES string of the molecule is CON(C)CC(O)c1cccc(N)c1. The molecule has 78 valence electrons. The number of nitrogens with zero attached hydrogens (tertiary/aromatic N) is 1. The number of hydroxylamine groups is 2. The second-order valence-electron chi connectivity index (χ2n) is 3.18. The lowest BCUT2D eigenvalue weighted by Crippen LogP contribution is -2.23. The fourth-order valence-corrected chi connectivity index (χ4v) is 1.19. The van der Waals surface area contributed by atoms with Crippen LogP contribution in [-0.4, -0.2) is 30.9 Å². The summed E-state index contributed by atoms with van der Waals surface area (Å²) in [7, 11) is 3.32. The number of hydrogen-bond donors (Lipinski definition) is 2. The summed E-state index contributed by atoms with van der Waals surface area (Å²) in [5.41, 5.74) is 7.06. The van der Waals surface area contributed by atoms with Crippen molar-refractivity contribution >= 4 is 5.69 Å².